The Balaban J connectivity index is 1.60. The average molecular weight is 449 g/mol. The highest BCUT2D eigenvalue weighted by Crippen LogP contribution is 2.28. The van der Waals surface area contributed by atoms with Gasteiger partial charge in [-0.2, -0.15) is 0 Å². The first-order valence-corrected chi connectivity index (χ1v) is 10.6. The summed E-state index contributed by atoms with van der Waals surface area (Å²) in [7, 11) is 4.10. The van der Waals surface area contributed by atoms with Gasteiger partial charge in [-0.25, -0.2) is 4.98 Å². The molecule has 8 heteroatoms. The number of nitrogens with zero attached hydrogens (tertiary/aromatic N) is 3. The lowest BCUT2D eigenvalue weighted by Crippen LogP contribution is -2.37. The number of fused-ring (bicyclic) bond motifs is 1. The van der Waals surface area contributed by atoms with Gasteiger partial charge >= 0.3 is 0 Å². The maximum Gasteiger partial charge on any atom is 0.260 e. The molecule has 3 aromatic rings. The normalized spacial score (nSPS) is 12.3. The first kappa shape index (κ1) is 22.4. The molecule has 30 heavy (non-hydrogen) atoms. The van der Waals surface area contributed by atoms with Crippen LogP contribution >= 0.6 is 23.2 Å². The fourth-order valence-electron chi connectivity index (χ4n) is 3.12. The number of rotatable bonds is 9. The lowest BCUT2D eigenvalue weighted by Gasteiger charge is -2.16. The first-order valence-electron chi connectivity index (χ1n) is 9.83. The molecule has 0 saturated heterocycles. The fraction of sp³-hybridized carbons (Fsp3) is 0.364. The van der Waals surface area contributed by atoms with Crippen molar-refractivity contribution in [1.82, 2.24) is 19.8 Å². The van der Waals surface area contributed by atoms with Crippen LogP contribution in [0, 0.1) is 0 Å². The maximum absolute atomic E-state index is 12.4. The number of amides is 1. The molecule has 2 aromatic carbocycles. The van der Waals surface area contributed by atoms with Crippen LogP contribution in [-0.4, -0.2) is 53.6 Å². The second kappa shape index (κ2) is 10.2. The third-order valence-electron chi connectivity index (χ3n) is 4.72. The molecule has 0 aliphatic rings. The molecular formula is C22H26Cl2N4O2. The van der Waals surface area contributed by atoms with Gasteiger partial charge in [-0.1, -0.05) is 35.3 Å². The van der Waals surface area contributed by atoms with Crippen LogP contribution in [0.1, 0.15) is 12.7 Å². The first-order chi connectivity index (χ1) is 14.3. The van der Waals surface area contributed by atoms with Gasteiger partial charge in [0, 0.05) is 31.1 Å². The van der Waals surface area contributed by atoms with Crippen LogP contribution < -0.4 is 10.1 Å². The number of nitrogens with one attached hydrogen (secondary N) is 1. The summed E-state index contributed by atoms with van der Waals surface area (Å²) in [6, 6.07) is 13.0. The quantitative estimate of drug-likeness (QED) is 0.536. The minimum atomic E-state index is -0.684. The molecule has 1 unspecified atom stereocenters. The number of hydrogen-bond acceptors (Lipinski definition) is 4. The number of likely N-dealkylation sites (N-methyl/N-ethyl adjacent to an activating group) is 1. The number of para-hydroxylation sites is 2. The van der Waals surface area contributed by atoms with E-state index in [1.165, 1.54) is 0 Å². The predicted octanol–water partition coefficient (Wildman–Crippen LogP) is 4.03. The Morgan fingerprint density at radius 1 is 1.23 bits per heavy atom. The Hall–Kier alpha value is -2.28. The topological polar surface area (TPSA) is 59.4 Å². The van der Waals surface area contributed by atoms with E-state index < -0.39 is 6.10 Å². The molecule has 0 aliphatic carbocycles. The molecule has 3 rings (SSSR count). The number of aromatic nitrogens is 2. The average Bonchev–Trinajstić information content (AvgIpc) is 3.05. The van der Waals surface area contributed by atoms with E-state index in [0.29, 0.717) is 28.8 Å². The largest absolute Gasteiger partial charge is 0.479 e. The van der Waals surface area contributed by atoms with Crippen molar-refractivity contribution in [3.8, 4) is 5.75 Å². The maximum atomic E-state index is 12.4. The summed E-state index contributed by atoms with van der Waals surface area (Å²) in [5, 5.41) is 3.81. The van der Waals surface area contributed by atoms with Crippen molar-refractivity contribution in [3.63, 3.8) is 0 Å². The van der Waals surface area contributed by atoms with Gasteiger partial charge < -0.3 is 19.5 Å². The Kier molecular flexibility index (Phi) is 7.58. The molecule has 1 N–H and O–H groups in total. The molecule has 1 aromatic heterocycles. The number of hydrogen-bond donors (Lipinski definition) is 1. The number of halogens is 2. The second-order valence-corrected chi connectivity index (χ2v) is 8.19. The standard InChI is InChI=1S/C22H26Cl2N4O2/c1-15(30-20-9-8-16(23)14-17(20)24)22(29)25-11-10-21-26-18-6-4-5-7-19(18)28(21)13-12-27(2)3/h4-9,14-15H,10-13H2,1-3H3,(H,25,29). The van der Waals surface area contributed by atoms with E-state index in [4.69, 9.17) is 32.9 Å². The Morgan fingerprint density at radius 2 is 2.00 bits per heavy atom. The van der Waals surface area contributed by atoms with E-state index in [-0.39, 0.29) is 5.91 Å². The number of ether oxygens (including phenoxy) is 1. The van der Waals surface area contributed by atoms with E-state index in [9.17, 15) is 4.79 Å². The predicted molar refractivity (Wildman–Crippen MR) is 122 cm³/mol. The van der Waals surface area contributed by atoms with Crippen molar-refractivity contribution in [1.29, 1.82) is 0 Å². The molecule has 0 spiro atoms. The molecule has 0 fully saturated rings. The van der Waals surface area contributed by atoms with E-state index >= 15 is 0 Å². The van der Waals surface area contributed by atoms with Crippen LogP contribution in [-0.2, 0) is 17.8 Å². The summed E-state index contributed by atoms with van der Waals surface area (Å²) in [6.07, 6.45) is -0.0568. The van der Waals surface area contributed by atoms with Crippen molar-refractivity contribution in [3.05, 3.63) is 58.3 Å². The minimum absolute atomic E-state index is 0.211. The molecule has 0 saturated carbocycles. The van der Waals surface area contributed by atoms with Gasteiger partial charge in [-0.15, -0.1) is 0 Å². The van der Waals surface area contributed by atoms with Crippen LogP contribution in [0.5, 0.6) is 5.75 Å². The van der Waals surface area contributed by atoms with Crippen LogP contribution in [0.2, 0.25) is 10.0 Å². The van der Waals surface area contributed by atoms with Crippen LogP contribution in [0.15, 0.2) is 42.5 Å². The third kappa shape index (κ3) is 5.65. The van der Waals surface area contributed by atoms with E-state index in [1.807, 2.05) is 32.3 Å². The number of benzene rings is 2. The van der Waals surface area contributed by atoms with Gasteiger partial charge in [-0.3, -0.25) is 4.79 Å². The number of carbonyl (C=O) groups excluding carboxylic acids is 1. The van der Waals surface area contributed by atoms with Crippen LogP contribution in [0.3, 0.4) is 0 Å². The van der Waals surface area contributed by atoms with Crippen LogP contribution in [0.25, 0.3) is 11.0 Å². The molecule has 160 valence electrons. The molecule has 6 nitrogen and oxygen atoms in total. The van der Waals surface area contributed by atoms with Gasteiger partial charge in [0.05, 0.1) is 16.1 Å². The van der Waals surface area contributed by atoms with Gasteiger partial charge in [0.25, 0.3) is 5.91 Å². The number of imidazole rings is 1. The van der Waals surface area contributed by atoms with Gasteiger partial charge in [0.15, 0.2) is 6.10 Å². The fourth-order valence-corrected chi connectivity index (χ4v) is 3.57. The van der Waals surface area contributed by atoms with Gasteiger partial charge in [-0.05, 0) is 51.4 Å². The smallest absolute Gasteiger partial charge is 0.260 e. The highest BCUT2D eigenvalue weighted by molar-refractivity contribution is 6.35. The Labute approximate surface area is 186 Å². The number of carbonyl (C=O) groups is 1. The summed E-state index contributed by atoms with van der Waals surface area (Å²) in [5.74, 6) is 1.17. The Bertz CT molecular complexity index is 1020. The van der Waals surface area contributed by atoms with Crippen molar-refractivity contribution in [2.75, 3.05) is 27.2 Å². The zero-order valence-electron chi connectivity index (χ0n) is 17.4. The zero-order chi connectivity index (χ0) is 21.7. The summed E-state index contributed by atoms with van der Waals surface area (Å²) in [6.45, 7) is 3.90. The molecule has 1 heterocycles. The van der Waals surface area contributed by atoms with E-state index in [0.717, 1.165) is 29.9 Å². The minimum Gasteiger partial charge on any atom is -0.479 e. The summed E-state index contributed by atoms with van der Waals surface area (Å²) >= 11 is 12.0. The zero-order valence-corrected chi connectivity index (χ0v) is 18.9. The molecule has 0 radical (unpaired) electrons. The molecule has 0 bridgehead atoms. The van der Waals surface area contributed by atoms with Crippen molar-refractivity contribution < 1.29 is 9.53 Å². The van der Waals surface area contributed by atoms with Crippen molar-refractivity contribution in [2.24, 2.45) is 0 Å². The summed E-state index contributed by atoms with van der Waals surface area (Å²) in [4.78, 5) is 19.3. The molecular weight excluding hydrogens is 423 g/mol. The third-order valence-corrected chi connectivity index (χ3v) is 5.25. The lowest BCUT2D eigenvalue weighted by molar-refractivity contribution is -0.127. The highest BCUT2D eigenvalue weighted by Gasteiger charge is 2.17. The molecule has 1 atom stereocenters. The second-order valence-electron chi connectivity index (χ2n) is 7.35. The van der Waals surface area contributed by atoms with Gasteiger partial charge in [0.2, 0.25) is 0 Å². The van der Waals surface area contributed by atoms with E-state index in [1.54, 1.807) is 25.1 Å². The molecule has 0 aliphatic heterocycles. The van der Waals surface area contributed by atoms with E-state index in [2.05, 4.69) is 20.9 Å². The summed E-state index contributed by atoms with van der Waals surface area (Å²) in [5.41, 5.74) is 2.07. The van der Waals surface area contributed by atoms with Gasteiger partial charge in [0.1, 0.15) is 11.6 Å². The lowest BCUT2D eigenvalue weighted by atomic mass is 10.3. The molecule has 1 amide bonds. The van der Waals surface area contributed by atoms with Crippen molar-refractivity contribution in [2.45, 2.75) is 26.0 Å². The van der Waals surface area contributed by atoms with Crippen molar-refractivity contribution >= 4 is 40.1 Å². The SMILES string of the molecule is CC(Oc1ccc(Cl)cc1Cl)C(=O)NCCc1nc2ccccc2n1CCN(C)C. The summed E-state index contributed by atoms with van der Waals surface area (Å²) < 4.78 is 7.89. The monoisotopic (exact) mass is 448 g/mol. The Morgan fingerprint density at radius 3 is 2.73 bits per heavy atom. The van der Waals surface area contributed by atoms with Crippen LogP contribution in [0.4, 0.5) is 0 Å². The highest BCUT2D eigenvalue weighted by atomic mass is 35.5.